The van der Waals surface area contributed by atoms with Crippen molar-refractivity contribution in [3.05, 3.63) is 240 Å². The maximum Gasteiger partial charge on any atom is 0.147 e. The van der Waals surface area contributed by atoms with Crippen LogP contribution in [0.3, 0.4) is 0 Å². The molecule has 9 aromatic carbocycles. The van der Waals surface area contributed by atoms with E-state index in [4.69, 9.17) is 0 Å². The minimum Gasteiger partial charge on any atom is -0.308 e. The van der Waals surface area contributed by atoms with E-state index in [9.17, 15) is 8.78 Å². The molecule has 6 heteroatoms. The number of halogens is 4. The van der Waals surface area contributed by atoms with E-state index in [-0.39, 0.29) is 0 Å². The Balaban J connectivity index is 1.27. The lowest BCUT2D eigenvalue weighted by molar-refractivity contribution is 0.626. The van der Waals surface area contributed by atoms with Gasteiger partial charge < -0.3 is 9.80 Å². The molecule has 0 fully saturated rings. The molecule has 2 aliphatic rings. The summed E-state index contributed by atoms with van der Waals surface area (Å²) in [4.78, 5) is 3.71. The molecule has 0 saturated carbocycles. The van der Waals surface area contributed by atoms with Crippen LogP contribution in [0, 0.1) is 23.3 Å². The molecular formula is C53H32F4N2. The largest absolute Gasteiger partial charge is 0.308 e. The predicted molar refractivity (Wildman–Crippen MR) is 229 cm³/mol. The molecular weight excluding hydrogens is 741 g/mol. The summed E-state index contributed by atoms with van der Waals surface area (Å²) in [5, 5.41) is 1.84. The smallest absolute Gasteiger partial charge is 0.147 e. The van der Waals surface area contributed by atoms with Crippen LogP contribution < -0.4 is 9.80 Å². The Labute approximate surface area is 338 Å². The number of para-hydroxylation sites is 2. The molecule has 0 bridgehead atoms. The van der Waals surface area contributed by atoms with Crippen molar-refractivity contribution in [3.63, 3.8) is 0 Å². The second kappa shape index (κ2) is 13.3. The van der Waals surface area contributed by atoms with Crippen LogP contribution in [0.15, 0.2) is 194 Å². The van der Waals surface area contributed by atoms with Crippen molar-refractivity contribution in [3.8, 4) is 22.3 Å². The van der Waals surface area contributed by atoms with Crippen LogP contribution in [-0.2, 0) is 5.41 Å². The lowest BCUT2D eigenvalue weighted by Crippen LogP contribution is -2.26. The minimum atomic E-state index is -0.875. The van der Waals surface area contributed by atoms with Crippen LogP contribution in [0.2, 0.25) is 0 Å². The zero-order chi connectivity index (χ0) is 39.8. The van der Waals surface area contributed by atoms with Crippen LogP contribution in [0.25, 0.3) is 33.0 Å². The standard InChI is InChI=1S/C53H32F4N2/c54-33-21-25-35(26-22-33)58(49-19-9-7-17-47(49)56)37-29-30-42-45(31-37)53(43-15-5-3-11-38(43)39-12-4-6-16-44(39)53)46-32-51(40-13-1-2-14-41(40)52(42)46)59(36-27-23-34(55)24-28-36)50-20-10-8-18-48(50)57/h1-32H. The van der Waals surface area contributed by atoms with Crippen molar-refractivity contribution in [2.45, 2.75) is 5.41 Å². The number of hydrogen-bond acceptors (Lipinski definition) is 2. The Morgan fingerprint density at radius 2 is 0.797 bits per heavy atom. The summed E-state index contributed by atoms with van der Waals surface area (Å²) in [7, 11) is 0. The Morgan fingerprint density at radius 1 is 0.322 bits per heavy atom. The minimum absolute atomic E-state index is 0.322. The highest BCUT2D eigenvalue weighted by Gasteiger charge is 2.52. The van der Waals surface area contributed by atoms with Gasteiger partial charge in [-0.25, -0.2) is 17.6 Å². The summed E-state index contributed by atoms with van der Waals surface area (Å²) in [5.74, 6) is -1.63. The fourth-order valence-corrected chi connectivity index (χ4v) is 9.57. The van der Waals surface area contributed by atoms with E-state index in [0.717, 1.165) is 61.0 Å². The molecule has 2 aliphatic carbocycles. The molecule has 0 unspecified atom stereocenters. The van der Waals surface area contributed by atoms with Crippen LogP contribution in [0.1, 0.15) is 22.3 Å². The van der Waals surface area contributed by atoms with E-state index in [1.54, 1.807) is 60.7 Å². The summed E-state index contributed by atoms with van der Waals surface area (Å²) >= 11 is 0. The number of nitrogens with zero attached hydrogens (tertiary/aromatic N) is 2. The quantitative estimate of drug-likeness (QED) is 0.155. The van der Waals surface area contributed by atoms with Crippen molar-refractivity contribution >= 4 is 44.9 Å². The second-order valence-electron chi connectivity index (χ2n) is 15.0. The van der Waals surface area contributed by atoms with Crippen LogP contribution in [-0.4, -0.2) is 0 Å². The summed E-state index contributed by atoms with van der Waals surface area (Å²) in [6.07, 6.45) is 0. The third-order valence-corrected chi connectivity index (χ3v) is 11.9. The van der Waals surface area contributed by atoms with E-state index >= 15 is 8.78 Å². The van der Waals surface area contributed by atoms with E-state index in [2.05, 4.69) is 72.8 Å². The van der Waals surface area contributed by atoms with Crippen LogP contribution >= 0.6 is 0 Å². The van der Waals surface area contributed by atoms with Crippen molar-refractivity contribution in [1.82, 2.24) is 0 Å². The van der Waals surface area contributed by atoms with Gasteiger partial charge in [0.05, 0.1) is 22.5 Å². The summed E-state index contributed by atoms with van der Waals surface area (Å²) in [5.41, 5.74) is 10.8. The Hall–Kier alpha value is -7.44. The lowest BCUT2D eigenvalue weighted by atomic mass is 9.70. The number of benzene rings is 9. The predicted octanol–water partition coefficient (Wildman–Crippen LogP) is 14.7. The van der Waals surface area contributed by atoms with Gasteiger partial charge in [0.15, 0.2) is 0 Å². The summed E-state index contributed by atoms with van der Waals surface area (Å²) in [6.45, 7) is 0. The molecule has 59 heavy (non-hydrogen) atoms. The van der Waals surface area contributed by atoms with E-state index in [0.29, 0.717) is 28.4 Å². The van der Waals surface area contributed by atoms with Gasteiger partial charge in [-0.3, -0.25) is 0 Å². The SMILES string of the molecule is Fc1ccc(N(c2ccc3c(c2)C2(c4ccccc4-c4ccccc42)c2cc(N(c4ccc(F)cc4)c4ccccc4F)c4ccccc4c2-3)c2ccccc2F)cc1. The van der Waals surface area contributed by atoms with E-state index in [1.165, 1.54) is 36.4 Å². The highest BCUT2D eigenvalue weighted by Crippen LogP contribution is 2.65. The zero-order valence-corrected chi connectivity index (χ0v) is 31.4. The number of hydrogen-bond donors (Lipinski definition) is 0. The first-order valence-electron chi connectivity index (χ1n) is 19.4. The molecule has 0 atom stereocenters. The Bertz CT molecular complexity index is 3070. The molecule has 0 N–H and O–H groups in total. The third kappa shape index (κ3) is 5.12. The van der Waals surface area contributed by atoms with Crippen molar-refractivity contribution in [2.75, 3.05) is 9.80 Å². The van der Waals surface area contributed by atoms with Crippen molar-refractivity contribution < 1.29 is 17.6 Å². The van der Waals surface area contributed by atoms with Crippen LogP contribution in [0.5, 0.6) is 0 Å². The average molecular weight is 773 g/mol. The molecule has 282 valence electrons. The number of anilines is 6. The first-order valence-corrected chi connectivity index (χ1v) is 19.4. The highest BCUT2D eigenvalue weighted by atomic mass is 19.1. The van der Waals surface area contributed by atoms with Gasteiger partial charge in [-0.05, 0) is 141 Å². The van der Waals surface area contributed by atoms with Gasteiger partial charge >= 0.3 is 0 Å². The maximum absolute atomic E-state index is 16.2. The van der Waals surface area contributed by atoms with Crippen molar-refractivity contribution in [1.29, 1.82) is 0 Å². The van der Waals surface area contributed by atoms with Crippen LogP contribution in [0.4, 0.5) is 51.7 Å². The third-order valence-electron chi connectivity index (χ3n) is 11.9. The van der Waals surface area contributed by atoms with Gasteiger partial charge in [-0.15, -0.1) is 0 Å². The summed E-state index contributed by atoms with van der Waals surface area (Å²) in [6, 6.07) is 58.9. The van der Waals surface area contributed by atoms with Gasteiger partial charge in [0, 0.05) is 22.4 Å². The monoisotopic (exact) mass is 772 g/mol. The topological polar surface area (TPSA) is 6.48 Å². The normalized spacial score (nSPS) is 12.9. The molecule has 0 radical (unpaired) electrons. The molecule has 2 nitrogen and oxygen atoms in total. The molecule has 0 heterocycles. The molecule has 0 saturated heterocycles. The Kier molecular flexibility index (Phi) is 7.85. The molecule has 11 rings (SSSR count). The zero-order valence-electron chi connectivity index (χ0n) is 31.4. The lowest BCUT2D eigenvalue weighted by Gasteiger charge is -2.34. The fourth-order valence-electron chi connectivity index (χ4n) is 9.57. The average Bonchev–Trinajstić information content (AvgIpc) is 3.73. The highest BCUT2D eigenvalue weighted by molar-refractivity contribution is 6.12. The van der Waals surface area contributed by atoms with E-state index < -0.39 is 28.7 Å². The Morgan fingerprint density at radius 3 is 1.39 bits per heavy atom. The maximum atomic E-state index is 16.2. The first-order chi connectivity index (χ1) is 28.9. The summed E-state index contributed by atoms with van der Waals surface area (Å²) < 4.78 is 61.0. The molecule has 0 aromatic heterocycles. The molecule has 0 amide bonds. The first kappa shape index (κ1) is 34.8. The molecule has 9 aromatic rings. The van der Waals surface area contributed by atoms with Crippen molar-refractivity contribution in [2.24, 2.45) is 0 Å². The van der Waals surface area contributed by atoms with E-state index in [1.807, 2.05) is 34.1 Å². The van der Waals surface area contributed by atoms with Gasteiger partial charge in [0.2, 0.25) is 0 Å². The number of rotatable bonds is 6. The van der Waals surface area contributed by atoms with Gasteiger partial charge in [-0.2, -0.15) is 0 Å². The second-order valence-corrected chi connectivity index (χ2v) is 15.0. The fraction of sp³-hybridized carbons (Fsp3) is 0.0189. The van der Waals surface area contributed by atoms with Gasteiger partial charge in [-0.1, -0.05) is 103 Å². The molecule has 0 aliphatic heterocycles. The van der Waals surface area contributed by atoms with Gasteiger partial charge in [0.1, 0.15) is 23.3 Å². The van der Waals surface area contributed by atoms with Gasteiger partial charge in [0.25, 0.3) is 0 Å². The molecule has 1 spiro atoms. The number of fused-ring (bicyclic) bond motifs is 12.